The molecule has 0 N–H and O–H groups in total. The third-order valence-electron chi connectivity index (χ3n) is 5.47. The Morgan fingerprint density at radius 1 is 0.971 bits per heavy atom. The van der Waals surface area contributed by atoms with Crippen molar-refractivity contribution in [3.8, 4) is 17.3 Å². The molecule has 1 amide bonds. The summed E-state index contributed by atoms with van der Waals surface area (Å²) in [6.45, 7) is 3.71. The van der Waals surface area contributed by atoms with Gasteiger partial charge in [-0.25, -0.2) is 9.37 Å². The van der Waals surface area contributed by atoms with Crippen LogP contribution in [0, 0.1) is 12.7 Å². The zero-order chi connectivity index (χ0) is 24.3. The number of carbonyl (C=O) groups is 1. The van der Waals surface area contributed by atoms with E-state index in [9.17, 15) is 22.4 Å². The predicted octanol–water partition coefficient (Wildman–Crippen LogP) is 4.34. The summed E-state index contributed by atoms with van der Waals surface area (Å²) in [6, 6.07) is 12.3. The van der Waals surface area contributed by atoms with E-state index in [1.54, 1.807) is 30.0 Å². The topological polar surface area (TPSA) is 58.6 Å². The van der Waals surface area contributed by atoms with Crippen molar-refractivity contribution in [2.75, 3.05) is 37.7 Å². The fourth-order valence-electron chi connectivity index (χ4n) is 3.64. The number of carbonyl (C=O) groups excluding carboxylic acids is 1. The van der Waals surface area contributed by atoms with Gasteiger partial charge in [0.25, 0.3) is 5.91 Å². The van der Waals surface area contributed by atoms with Gasteiger partial charge in [0.1, 0.15) is 5.82 Å². The van der Waals surface area contributed by atoms with E-state index in [1.165, 1.54) is 24.3 Å². The van der Waals surface area contributed by atoms with E-state index in [0.717, 1.165) is 17.8 Å². The summed E-state index contributed by atoms with van der Waals surface area (Å²) in [7, 11) is 0. The molecule has 4 rings (SSSR count). The van der Waals surface area contributed by atoms with E-state index in [1.807, 2.05) is 0 Å². The molecule has 0 aliphatic carbocycles. The van der Waals surface area contributed by atoms with Crippen LogP contribution in [0.25, 0.3) is 11.4 Å². The lowest BCUT2D eigenvalue weighted by molar-refractivity contribution is -0.137. The molecule has 0 atom stereocenters. The number of nitrogens with zero attached hydrogens (tertiary/aromatic N) is 4. The number of hydrogen-bond donors (Lipinski definition) is 0. The molecule has 1 aromatic heterocycles. The Labute approximate surface area is 193 Å². The molecule has 178 valence electrons. The Kier molecular flexibility index (Phi) is 6.67. The molecule has 0 radical (unpaired) electrons. The van der Waals surface area contributed by atoms with Crippen molar-refractivity contribution < 1.29 is 27.1 Å². The monoisotopic (exact) mass is 474 g/mol. The standard InChI is InChI=1S/C24H22F4N4O2/c1-16-14-21(30-23(29-16)17-2-4-18(5-3-17)24(26,27)28)34-15-22(33)32-12-10-31(11-13-32)20-8-6-19(25)7-9-20/h2-9,14H,10-13,15H2,1H3. The number of benzene rings is 2. The number of alkyl halides is 3. The minimum Gasteiger partial charge on any atom is -0.467 e. The van der Waals surface area contributed by atoms with Crippen LogP contribution in [0.1, 0.15) is 11.3 Å². The van der Waals surface area contributed by atoms with Crippen molar-refractivity contribution in [3.05, 3.63) is 71.7 Å². The first-order chi connectivity index (χ1) is 16.2. The van der Waals surface area contributed by atoms with E-state index < -0.39 is 11.7 Å². The molecule has 34 heavy (non-hydrogen) atoms. The third kappa shape index (κ3) is 5.62. The van der Waals surface area contributed by atoms with Crippen molar-refractivity contribution in [3.63, 3.8) is 0 Å². The van der Waals surface area contributed by atoms with Crippen LogP contribution in [0.2, 0.25) is 0 Å². The second kappa shape index (κ2) is 9.66. The number of aromatic nitrogens is 2. The van der Waals surface area contributed by atoms with Crippen molar-refractivity contribution >= 4 is 11.6 Å². The zero-order valence-corrected chi connectivity index (χ0v) is 18.3. The Bertz CT molecular complexity index is 1140. The molecule has 2 heterocycles. The molecule has 1 fully saturated rings. The highest BCUT2D eigenvalue weighted by atomic mass is 19.4. The minimum absolute atomic E-state index is 0.167. The van der Waals surface area contributed by atoms with Gasteiger partial charge in [0.15, 0.2) is 12.4 Å². The molecule has 0 saturated carbocycles. The number of ether oxygens (including phenoxy) is 1. The van der Waals surface area contributed by atoms with Crippen LogP contribution >= 0.6 is 0 Å². The summed E-state index contributed by atoms with van der Waals surface area (Å²) in [6.07, 6.45) is -4.43. The van der Waals surface area contributed by atoms with Gasteiger partial charge >= 0.3 is 6.18 Å². The van der Waals surface area contributed by atoms with E-state index in [-0.39, 0.29) is 30.0 Å². The normalized spacial score (nSPS) is 14.3. The van der Waals surface area contributed by atoms with Crippen LogP contribution < -0.4 is 9.64 Å². The maximum atomic E-state index is 13.1. The highest BCUT2D eigenvalue weighted by molar-refractivity contribution is 5.78. The van der Waals surface area contributed by atoms with Crippen LogP contribution in [-0.2, 0) is 11.0 Å². The van der Waals surface area contributed by atoms with Gasteiger partial charge in [0.05, 0.1) is 5.56 Å². The molecular formula is C24H22F4N4O2. The van der Waals surface area contributed by atoms with E-state index in [2.05, 4.69) is 14.9 Å². The fraction of sp³-hybridized carbons (Fsp3) is 0.292. The van der Waals surface area contributed by atoms with Gasteiger partial charge in [-0.1, -0.05) is 12.1 Å². The number of rotatable bonds is 5. The highest BCUT2D eigenvalue weighted by Gasteiger charge is 2.30. The summed E-state index contributed by atoms with van der Waals surface area (Å²) in [5.74, 6) is -0.118. The predicted molar refractivity (Wildman–Crippen MR) is 118 cm³/mol. The summed E-state index contributed by atoms with van der Waals surface area (Å²) in [4.78, 5) is 24.9. The van der Waals surface area contributed by atoms with Gasteiger partial charge in [-0.05, 0) is 43.3 Å². The molecule has 3 aromatic rings. The van der Waals surface area contributed by atoms with Crippen molar-refractivity contribution in [2.45, 2.75) is 13.1 Å². The number of halogens is 4. The number of hydrogen-bond acceptors (Lipinski definition) is 5. The fourth-order valence-corrected chi connectivity index (χ4v) is 3.64. The van der Waals surface area contributed by atoms with Gasteiger partial charge in [-0.3, -0.25) is 4.79 Å². The number of anilines is 1. The van der Waals surface area contributed by atoms with Crippen molar-refractivity contribution in [2.24, 2.45) is 0 Å². The summed E-state index contributed by atoms with van der Waals surface area (Å²) in [5, 5.41) is 0. The number of amides is 1. The molecule has 10 heteroatoms. The summed E-state index contributed by atoms with van der Waals surface area (Å²) in [5.41, 5.74) is 1.10. The van der Waals surface area contributed by atoms with E-state index in [4.69, 9.17) is 4.74 Å². The molecule has 1 aliphatic rings. The molecule has 0 unspecified atom stereocenters. The Hall–Kier alpha value is -3.69. The third-order valence-corrected chi connectivity index (χ3v) is 5.47. The Balaban J connectivity index is 1.35. The van der Waals surface area contributed by atoms with Crippen molar-refractivity contribution in [1.29, 1.82) is 0 Å². The lowest BCUT2D eigenvalue weighted by atomic mass is 10.1. The molecule has 6 nitrogen and oxygen atoms in total. The second-order valence-corrected chi connectivity index (χ2v) is 7.88. The first kappa shape index (κ1) is 23.5. The molecular weight excluding hydrogens is 452 g/mol. The Morgan fingerprint density at radius 3 is 2.24 bits per heavy atom. The highest BCUT2D eigenvalue weighted by Crippen LogP contribution is 2.30. The molecule has 1 aliphatic heterocycles. The van der Waals surface area contributed by atoms with Crippen LogP contribution in [0.3, 0.4) is 0 Å². The average molecular weight is 474 g/mol. The smallest absolute Gasteiger partial charge is 0.416 e. The maximum absolute atomic E-state index is 13.1. The second-order valence-electron chi connectivity index (χ2n) is 7.88. The van der Waals surface area contributed by atoms with Gasteiger partial charge in [-0.2, -0.15) is 18.2 Å². The lowest BCUT2D eigenvalue weighted by Crippen LogP contribution is -2.50. The van der Waals surface area contributed by atoms with Crippen molar-refractivity contribution in [1.82, 2.24) is 14.9 Å². The number of piperazine rings is 1. The maximum Gasteiger partial charge on any atom is 0.416 e. The van der Waals surface area contributed by atoms with Crippen LogP contribution in [0.4, 0.5) is 23.2 Å². The largest absolute Gasteiger partial charge is 0.467 e. The SMILES string of the molecule is Cc1cc(OCC(=O)N2CCN(c3ccc(F)cc3)CC2)nc(-c2ccc(C(F)(F)F)cc2)n1. The van der Waals surface area contributed by atoms with Gasteiger partial charge < -0.3 is 14.5 Å². The molecule has 0 bridgehead atoms. The summed E-state index contributed by atoms with van der Waals surface area (Å²) >= 11 is 0. The van der Waals surface area contributed by atoms with Gasteiger partial charge in [0.2, 0.25) is 5.88 Å². The Morgan fingerprint density at radius 2 is 1.62 bits per heavy atom. The van der Waals surface area contributed by atoms with E-state index >= 15 is 0 Å². The quantitative estimate of drug-likeness (QED) is 0.515. The number of aryl methyl sites for hydroxylation is 1. The van der Waals surface area contributed by atoms with Crippen LogP contribution in [-0.4, -0.2) is 53.6 Å². The average Bonchev–Trinajstić information content (AvgIpc) is 2.82. The van der Waals surface area contributed by atoms with E-state index in [0.29, 0.717) is 37.4 Å². The zero-order valence-electron chi connectivity index (χ0n) is 18.3. The first-order valence-corrected chi connectivity index (χ1v) is 10.6. The minimum atomic E-state index is -4.43. The first-order valence-electron chi connectivity index (χ1n) is 10.6. The summed E-state index contributed by atoms with van der Waals surface area (Å²) < 4.78 is 57.1. The lowest BCUT2D eigenvalue weighted by Gasteiger charge is -2.36. The molecule has 2 aromatic carbocycles. The van der Waals surface area contributed by atoms with Crippen LogP contribution in [0.15, 0.2) is 54.6 Å². The van der Waals surface area contributed by atoms with Gasteiger partial charge in [0, 0.05) is 49.2 Å². The van der Waals surface area contributed by atoms with Crippen LogP contribution in [0.5, 0.6) is 5.88 Å². The molecule has 1 saturated heterocycles. The van der Waals surface area contributed by atoms with Gasteiger partial charge in [-0.15, -0.1) is 0 Å². The molecule has 0 spiro atoms.